The summed E-state index contributed by atoms with van der Waals surface area (Å²) in [6.07, 6.45) is 1.17. The zero-order valence-corrected chi connectivity index (χ0v) is 10.9. The van der Waals surface area contributed by atoms with Crippen LogP contribution in [0.25, 0.3) is 0 Å². The zero-order chi connectivity index (χ0) is 13.7. The van der Waals surface area contributed by atoms with E-state index in [-0.39, 0.29) is 24.9 Å². The van der Waals surface area contributed by atoms with Crippen molar-refractivity contribution in [1.29, 1.82) is 0 Å². The first-order valence-electron chi connectivity index (χ1n) is 6.23. The topological polar surface area (TPSA) is 92.5 Å². The van der Waals surface area contributed by atoms with E-state index < -0.39 is 11.8 Å². The SMILES string of the molecule is CC(C)C[C@H](CN)CC(=O)N1CC(=O)NC(=O)C1. The lowest BCUT2D eigenvalue weighted by Gasteiger charge is -2.27. The largest absolute Gasteiger partial charge is 0.330 e. The average Bonchev–Trinajstić information content (AvgIpc) is 2.26. The van der Waals surface area contributed by atoms with Gasteiger partial charge >= 0.3 is 0 Å². The zero-order valence-electron chi connectivity index (χ0n) is 10.9. The predicted molar refractivity (Wildman–Crippen MR) is 66.3 cm³/mol. The van der Waals surface area contributed by atoms with Crippen LogP contribution in [-0.2, 0) is 14.4 Å². The van der Waals surface area contributed by atoms with Crippen molar-refractivity contribution in [3.8, 4) is 0 Å². The molecule has 18 heavy (non-hydrogen) atoms. The van der Waals surface area contributed by atoms with E-state index in [1.807, 2.05) is 0 Å². The van der Waals surface area contributed by atoms with Crippen molar-refractivity contribution in [1.82, 2.24) is 10.2 Å². The van der Waals surface area contributed by atoms with Crippen LogP contribution < -0.4 is 11.1 Å². The molecule has 1 rings (SSSR count). The molecule has 0 saturated carbocycles. The molecule has 1 aliphatic rings. The Balaban J connectivity index is 2.52. The smallest absolute Gasteiger partial charge is 0.246 e. The van der Waals surface area contributed by atoms with E-state index in [4.69, 9.17) is 5.73 Å². The highest BCUT2D eigenvalue weighted by Gasteiger charge is 2.27. The maximum atomic E-state index is 12.0. The number of amides is 3. The number of carbonyl (C=O) groups excluding carboxylic acids is 3. The molecule has 6 nitrogen and oxygen atoms in total. The van der Waals surface area contributed by atoms with Gasteiger partial charge in [0.1, 0.15) is 13.1 Å². The Labute approximate surface area is 107 Å². The third-order valence-corrected chi connectivity index (χ3v) is 2.90. The lowest BCUT2D eigenvalue weighted by molar-refractivity contribution is -0.145. The second-order valence-electron chi connectivity index (χ2n) is 5.16. The molecule has 3 N–H and O–H groups in total. The van der Waals surface area contributed by atoms with Crippen LogP contribution in [0.1, 0.15) is 26.7 Å². The molecule has 1 atom stereocenters. The Hall–Kier alpha value is -1.43. The first-order chi connectivity index (χ1) is 8.42. The molecule has 0 aromatic carbocycles. The number of imide groups is 1. The van der Waals surface area contributed by atoms with Crippen molar-refractivity contribution < 1.29 is 14.4 Å². The van der Waals surface area contributed by atoms with E-state index in [0.29, 0.717) is 18.9 Å². The molecule has 0 aliphatic carbocycles. The summed E-state index contributed by atoms with van der Waals surface area (Å²) in [6, 6.07) is 0. The highest BCUT2D eigenvalue weighted by atomic mass is 16.2. The van der Waals surface area contributed by atoms with Gasteiger partial charge in [-0.25, -0.2) is 0 Å². The van der Waals surface area contributed by atoms with E-state index in [1.54, 1.807) is 0 Å². The summed E-state index contributed by atoms with van der Waals surface area (Å²) in [7, 11) is 0. The van der Waals surface area contributed by atoms with E-state index in [9.17, 15) is 14.4 Å². The van der Waals surface area contributed by atoms with E-state index in [2.05, 4.69) is 19.2 Å². The van der Waals surface area contributed by atoms with Gasteiger partial charge in [0, 0.05) is 6.42 Å². The molecule has 0 aromatic rings. The molecule has 0 aromatic heterocycles. The van der Waals surface area contributed by atoms with Crippen LogP contribution in [0.5, 0.6) is 0 Å². The van der Waals surface area contributed by atoms with Gasteiger partial charge in [-0.05, 0) is 24.8 Å². The number of nitrogens with one attached hydrogen (secondary N) is 1. The van der Waals surface area contributed by atoms with Crippen molar-refractivity contribution in [2.45, 2.75) is 26.7 Å². The molecule has 6 heteroatoms. The fourth-order valence-corrected chi connectivity index (χ4v) is 2.12. The predicted octanol–water partition coefficient (Wildman–Crippen LogP) is -0.517. The molecular formula is C12H21N3O3. The number of hydrogen-bond acceptors (Lipinski definition) is 4. The number of nitrogens with two attached hydrogens (primary N) is 1. The van der Waals surface area contributed by atoms with Crippen molar-refractivity contribution in [2.24, 2.45) is 17.6 Å². The van der Waals surface area contributed by atoms with Gasteiger partial charge in [0.2, 0.25) is 17.7 Å². The second kappa shape index (κ2) is 6.49. The fourth-order valence-electron chi connectivity index (χ4n) is 2.12. The molecule has 0 unspecified atom stereocenters. The number of piperazine rings is 1. The second-order valence-corrected chi connectivity index (χ2v) is 5.16. The summed E-state index contributed by atoms with van der Waals surface area (Å²) in [6.45, 7) is 4.51. The Morgan fingerprint density at radius 2 is 1.89 bits per heavy atom. The highest BCUT2D eigenvalue weighted by molar-refractivity contribution is 6.02. The Morgan fingerprint density at radius 3 is 2.33 bits per heavy atom. The molecule has 1 aliphatic heterocycles. The van der Waals surface area contributed by atoms with Gasteiger partial charge in [0.15, 0.2) is 0 Å². The van der Waals surface area contributed by atoms with Crippen molar-refractivity contribution in [2.75, 3.05) is 19.6 Å². The standard InChI is InChI=1S/C12H21N3O3/c1-8(2)3-9(5-13)4-12(18)15-6-10(16)14-11(17)7-15/h8-9H,3-7,13H2,1-2H3,(H,14,16,17)/t9-/m0/s1. The highest BCUT2D eigenvalue weighted by Crippen LogP contribution is 2.15. The minimum Gasteiger partial charge on any atom is -0.330 e. The van der Waals surface area contributed by atoms with Gasteiger partial charge in [-0.1, -0.05) is 13.8 Å². The summed E-state index contributed by atoms with van der Waals surface area (Å²) in [4.78, 5) is 35.6. The van der Waals surface area contributed by atoms with Crippen LogP contribution in [0.4, 0.5) is 0 Å². The molecule has 102 valence electrons. The first-order valence-corrected chi connectivity index (χ1v) is 6.23. The molecule has 0 bridgehead atoms. The molecule has 0 radical (unpaired) electrons. The molecule has 1 saturated heterocycles. The number of carbonyl (C=O) groups is 3. The molecule has 3 amide bonds. The minimum absolute atomic E-state index is 0.0382. The summed E-state index contributed by atoms with van der Waals surface area (Å²) >= 11 is 0. The van der Waals surface area contributed by atoms with Crippen LogP contribution in [0.15, 0.2) is 0 Å². The summed E-state index contributed by atoms with van der Waals surface area (Å²) in [5.41, 5.74) is 5.64. The van der Waals surface area contributed by atoms with Gasteiger partial charge in [-0.15, -0.1) is 0 Å². The van der Waals surface area contributed by atoms with Crippen LogP contribution in [0.3, 0.4) is 0 Å². The van der Waals surface area contributed by atoms with Crippen LogP contribution >= 0.6 is 0 Å². The van der Waals surface area contributed by atoms with Crippen LogP contribution in [0.2, 0.25) is 0 Å². The van der Waals surface area contributed by atoms with Gasteiger partial charge in [0.25, 0.3) is 0 Å². The molecule has 1 fully saturated rings. The van der Waals surface area contributed by atoms with Gasteiger partial charge in [-0.3, -0.25) is 19.7 Å². The third-order valence-electron chi connectivity index (χ3n) is 2.90. The van der Waals surface area contributed by atoms with Crippen molar-refractivity contribution in [3.05, 3.63) is 0 Å². The fraction of sp³-hybridized carbons (Fsp3) is 0.750. The Morgan fingerprint density at radius 1 is 1.33 bits per heavy atom. The maximum absolute atomic E-state index is 12.0. The van der Waals surface area contributed by atoms with E-state index in [1.165, 1.54) is 4.90 Å². The Kier molecular flexibility index (Phi) is 5.27. The maximum Gasteiger partial charge on any atom is 0.246 e. The number of nitrogens with zero attached hydrogens (tertiary/aromatic N) is 1. The number of hydrogen-bond donors (Lipinski definition) is 2. The van der Waals surface area contributed by atoms with Gasteiger partial charge < -0.3 is 10.6 Å². The first kappa shape index (κ1) is 14.6. The minimum atomic E-state index is -0.423. The summed E-state index contributed by atoms with van der Waals surface area (Å²) in [5, 5.41) is 2.17. The van der Waals surface area contributed by atoms with Crippen LogP contribution in [0, 0.1) is 11.8 Å². The summed E-state index contributed by atoms with van der Waals surface area (Å²) < 4.78 is 0. The molecular weight excluding hydrogens is 234 g/mol. The van der Waals surface area contributed by atoms with Crippen LogP contribution in [-0.4, -0.2) is 42.3 Å². The average molecular weight is 255 g/mol. The molecule has 0 spiro atoms. The van der Waals surface area contributed by atoms with Crippen molar-refractivity contribution in [3.63, 3.8) is 0 Å². The van der Waals surface area contributed by atoms with E-state index in [0.717, 1.165) is 6.42 Å². The lowest BCUT2D eigenvalue weighted by atomic mass is 9.93. The summed E-state index contributed by atoms with van der Waals surface area (Å²) in [5.74, 6) is -0.440. The van der Waals surface area contributed by atoms with Gasteiger partial charge in [-0.2, -0.15) is 0 Å². The lowest BCUT2D eigenvalue weighted by Crippen LogP contribution is -2.53. The Bertz CT molecular complexity index is 325. The number of rotatable bonds is 5. The van der Waals surface area contributed by atoms with Crippen molar-refractivity contribution >= 4 is 17.7 Å². The normalized spacial score (nSPS) is 17.9. The molecule has 1 heterocycles. The van der Waals surface area contributed by atoms with E-state index >= 15 is 0 Å². The monoisotopic (exact) mass is 255 g/mol. The third kappa shape index (κ3) is 4.44. The van der Waals surface area contributed by atoms with Gasteiger partial charge in [0.05, 0.1) is 0 Å². The quantitative estimate of drug-likeness (QED) is 0.647.